The molecule has 1 saturated carbocycles. The highest BCUT2D eigenvalue weighted by Crippen LogP contribution is 2.35. The van der Waals surface area contributed by atoms with Gasteiger partial charge in [0.2, 0.25) is 0 Å². The molecule has 3 aromatic heterocycles. The molecule has 0 spiro atoms. The van der Waals surface area contributed by atoms with Crippen LogP contribution in [0.4, 0.5) is 17.2 Å². The van der Waals surface area contributed by atoms with Gasteiger partial charge in [-0.05, 0) is 31.0 Å². The summed E-state index contributed by atoms with van der Waals surface area (Å²) in [6.45, 7) is 4.26. The number of hydrogen-bond donors (Lipinski definition) is 2. The molecule has 1 aliphatic heterocycles. The van der Waals surface area contributed by atoms with Crippen molar-refractivity contribution in [3.05, 3.63) is 55.1 Å². The minimum absolute atomic E-state index is 0.627. The van der Waals surface area contributed by atoms with Gasteiger partial charge in [0.15, 0.2) is 11.5 Å². The smallest absolute Gasteiger partial charge is 0.198 e. The fourth-order valence-electron chi connectivity index (χ4n) is 5.07. The topological polar surface area (TPSA) is 99.5 Å². The van der Waals surface area contributed by atoms with Gasteiger partial charge in [0.1, 0.15) is 12.1 Å². The minimum atomic E-state index is 0.627. The Kier molecular flexibility index (Phi) is 4.98. The average molecular weight is 482 g/mol. The summed E-state index contributed by atoms with van der Waals surface area (Å²) in [7, 11) is 1.73. The van der Waals surface area contributed by atoms with Crippen molar-refractivity contribution in [2.45, 2.75) is 18.9 Å². The Morgan fingerprint density at radius 2 is 1.94 bits per heavy atom. The van der Waals surface area contributed by atoms with Crippen LogP contribution in [0, 0.1) is 0 Å². The monoisotopic (exact) mass is 481 g/mol. The number of aromatic nitrogens is 6. The first-order chi connectivity index (χ1) is 17.7. The molecule has 2 fully saturated rings. The number of fused-ring (bicyclic) bond motifs is 2. The largest absolute Gasteiger partial charge is 0.495 e. The molecule has 0 bridgehead atoms. The normalized spacial score (nSPS) is 16.6. The predicted molar refractivity (Wildman–Crippen MR) is 139 cm³/mol. The van der Waals surface area contributed by atoms with E-state index in [0.717, 1.165) is 71.5 Å². The number of piperazine rings is 1. The summed E-state index contributed by atoms with van der Waals surface area (Å²) in [5.41, 5.74) is 5.36. The van der Waals surface area contributed by atoms with Crippen LogP contribution >= 0.6 is 0 Å². The van der Waals surface area contributed by atoms with E-state index in [4.69, 9.17) is 9.72 Å². The fraction of sp³-hybridized carbons (Fsp3) is 0.308. The fourth-order valence-corrected chi connectivity index (χ4v) is 5.07. The van der Waals surface area contributed by atoms with Crippen LogP contribution < -0.4 is 15.0 Å². The summed E-state index contributed by atoms with van der Waals surface area (Å²) < 4.78 is 7.55. The van der Waals surface area contributed by atoms with E-state index >= 15 is 0 Å². The number of H-pyrrole nitrogens is 1. The van der Waals surface area contributed by atoms with Crippen molar-refractivity contribution in [1.29, 1.82) is 0 Å². The quantitative estimate of drug-likeness (QED) is 0.379. The van der Waals surface area contributed by atoms with Gasteiger partial charge in [-0.2, -0.15) is 10.2 Å². The number of benzene rings is 2. The van der Waals surface area contributed by atoms with Crippen molar-refractivity contribution >= 4 is 33.7 Å². The van der Waals surface area contributed by atoms with Crippen LogP contribution in [0.5, 0.6) is 5.75 Å². The first-order valence-corrected chi connectivity index (χ1v) is 12.3. The van der Waals surface area contributed by atoms with E-state index in [1.165, 1.54) is 19.2 Å². The summed E-state index contributed by atoms with van der Waals surface area (Å²) in [6, 6.07) is 13.2. The Bertz CT molecular complexity index is 1550. The van der Waals surface area contributed by atoms with Crippen LogP contribution in [0.25, 0.3) is 27.8 Å². The van der Waals surface area contributed by atoms with Gasteiger partial charge in [0, 0.05) is 54.9 Å². The number of ether oxygens (including phenoxy) is 1. The van der Waals surface area contributed by atoms with Crippen molar-refractivity contribution in [3.8, 4) is 17.0 Å². The molecule has 2 aromatic carbocycles. The van der Waals surface area contributed by atoms with E-state index in [1.54, 1.807) is 11.6 Å². The highest BCUT2D eigenvalue weighted by molar-refractivity contribution is 5.84. The second kappa shape index (κ2) is 8.49. The van der Waals surface area contributed by atoms with E-state index in [-0.39, 0.29) is 0 Å². The number of rotatable bonds is 6. The molecule has 36 heavy (non-hydrogen) atoms. The standard InChI is InChI=1S/C26H27N9O/c1-36-24-13-19(4-7-23(24)34-10-8-33(9-11-34)20-5-6-20)30-25-26-27-16-29-35(26)15-22(31-25)17-2-3-18-14-28-32-21(18)12-17/h2-4,7,12-16,20H,5-6,8-11H2,1H3,(H,28,32)(H,30,31). The number of nitrogens with one attached hydrogen (secondary N) is 2. The lowest BCUT2D eigenvalue weighted by molar-refractivity contribution is 0.247. The Morgan fingerprint density at radius 3 is 2.78 bits per heavy atom. The first kappa shape index (κ1) is 21.1. The number of nitrogens with zero attached hydrogens (tertiary/aromatic N) is 7. The molecule has 1 aliphatic carbocycles. The SMILES string of the molecule is COc1cc(Nc2nc(-c3ccc4cn[nH]c4c3)cn3ncnc23)ccc1N1CCN(C2CC2)CC1. The molecule has 0 atom stereocenters. The maximum Gasteiger partial charge on any atom is 0.198 e. The van der Waals surface area contributed by atoms with Crippen LogP contribution in [0.3, 0.4) is 0 Å². The number of anilines is 3. The second-order valence-electron chi connectivity index (χ2n) is 9.44. The van der Waals surface area contributed by atoms with E-state index in [1.807, 2.05) is 36.7 Å². The summed E-state index contributed by atoms with van der Waals surface area (Å²) in [6.07, 6.45) is 7.95. The Hall–Kier alpha value is -4.18. The molecule has 0 radical (unpaired) electrons. The van der Waals surface area contributed by atoms with Gasteiger partial charge in [-0.25, -0.2) is 14.5 Å². The van der Waals surface area contributed by atoms with Crippen LogP contribution in [-0.2, 0) is 0 Å². The highest BCUT2D eigenvalue weighted by atomic mass is 16.5. The maximum atomic E-state index is 5.80. The molecule has 1 saturated heterocycles. The Morgan fingerprint density at radius 1 is 1.06 bits per heavy atom. The molecular formula is C26H27N9O. The third kappa shape index (κ3) is 3.79. The molecule has 5 aromatic rings. The molecular weight excluding hydrogens is 454 g/mol. The van der Waals surface area contributed by atoms with Gasteiger partial charge in [0.25, 0.3) is 0 Å². The summed E-state index contributed by atoms with van der Waals surface area (Å²) in [4.78, 5) is 14.4. The van der Waals surface area contributed by atoms with E-state index in [2.05, 4.69) is 47.5 Å². The van der Waals surface area contributed by atoms with Crippen molar-refractivity contribution in [2.24, 2.45) is 0 Å². The summed E-state index contributed by atoms with van der Waals surface area (Å²) in [5, 5.41) is 16.0. The zero-order valence-electron chi connectivity index (χ0n) is 20.1. The molecule has 7 rings (SSSR count). The van der Waals surface area contributed by atoms with Crippen molar-refractivity contribution in [2.75, 3.05) is 43.5 Å². The molecule has 10 heteroatoms. The van der Waals surface area contributed by atoms with E-state index in [0.29, 0.717) is 11.5 Å². The number of methoxy groups -OCH3 is 1. The second-order valence-corrected chi connectivity index (χ2v) is 9.44. The van der Waals surface area contributed by atoms with Gasteiger partial charge in [-0.1, -0.05) is 12.1 Å². The third-order valence-corrected chi connectivity index (χ3v) is 7.16. The summed E-state index contributed by atoms with van der Waals surface area (Å²) >= 11 is 0. The number of hydrogen-bond acceptors (Lipinski definition) is 8. The molecule has 182 valence electrons. The third-order valence-electron chi connectivity index (χ3n) is 7.16. The average Bonchev–Trinajstić information content (AvgIpc) is 3.46. The van der Waals surface area contributed by atoms with Gasteiger partial charge in [-0.3, -0.25) is 10.00 Å². The lowest BCUT2D eigenvalue weighted by atomic mass is 10.1. The maximum absolute atomic E-state index is 5.80. The van der Waals surface area contributed by atoms with Gasteiger partial charge in [0.05, 0.1) is 36.4 Å². The van der Waals surface area contributed by atoms with Crippen molar-refractivity contribution < 1.29 is 4.74 Å². The predicted octanol–water partition coefficient (Wildman–Crippen LogP) is 3.70. The van der Waals surface area contributed by atoms with Gasteiger partial charge >= 0.3 is 0 Å². The zero-order chi connectivity index (χ0) is 24.1. The Balaban J connectivity index is 1.18. The number of aromatic amines is 1. The van der Waals surface area contributed by atoms with Gasteiger partial charge in [-0.15, -0.1) is 0 Å². The van der Waals surface area contributed by atoms with Gasteiger partial charge < -0.3 is 15.0 Å². The van der Waals surface area contributed by atoms with Crippen molar-refractivity contribution in [3.63, 3.8) is 0 Å². The van der Waals surface area contributed by atoms with Crippen LogP contribution in [0.1, 0.15) is 12.8 Å². The molecule has 4 heterocycles. The van der Waals surface area contributed by atoms with Crippen LogP contribution in [0.15, 0.2) is 55.1 Å². The van der Waals surface area contributed by atoms with E-state index in [9.17, 15) is 0 Å². The summed E-state index contributed by atoms with van der Waals surface area (Å²) in [5.74, 6) is 1.47. The molecule has 0 unspecified atom stereocenters. The molecule has 10 nitrogen and oxygen atoms in total. The van der Waals surface area contributed by atoms with E-state index < -0.39 is 0 Å². The van der Waals surface area contributed by atoms with Crippen LogP contribution in [-0.4, -0.2) is 74.0 Å². The Labute approximate surface area is 207 Å². The minimum Gasteiger partial charge on any atom is -0.495 e. The molecule has 0 amide bonds. The van der Waals surface area contributed by atoms with Crippen molar-refractivity contribution in [1.82, 2.24) is 34.7 Å². The van der Waals surface area contributed by atoms with Crippen LogP contribution in [0.2, 0.25) is 0 Å². The first-order valence-electron chi connectivity index (χ1n) is 12.3. The highest BCUT2D eigenvalue weighted by Gasteiger charge is 2.31. The lowest BCUT2D eigenvalue weighted by Gasteiger charge is -2.36. The molecule has 2 N–H and O–H groups in total. The molecule has 2 aliphatic rings. The zero-order valence-corrected chi connectivity index (χ0v) is 20.1. The lowest BCUT2D eigenvalue weighted by Crippen LogP contribution is -2.47.